The van der Waals surface area contributed by atoms with Crippen LogP contribution in [-0.2, 0) is 19.4 Å². The molecule has 8 heteroatoms. The Kier molecular flexibility index (Phi) is 5.30. The van der Waals surface area contributed by atoms with Crippen molar-refractivity contribution in [2.24, 2.45) is 5.41 Å². The highest BCUT2D eigenvalue weighted by atomic mass is 19.3. The number of hydrogen-bond donors (Lipinski definition) is 2. The van der Waals surface area contributed by atoms with E-state index in [0.29, 0.717) is 23.4 Å². The average molecular weight is 479 g/mol. The highest BCUT2D eigenvalue weighted by molar-refractivity contribution is 5.99. The Bertz CT molecular complexity index is 1330. The van der Waals surface area contributed by atoms with Gasteiger partial charge in [0.25, 0.3) is 17.7 Å². The Morgan fingerprint density at radius 2 is 1.91 bits per heavy atom. The summed E-state index contributed by atoms with van der Waals surface area (Å²) in [4.78, 5) is 26.8. The van der Waals surface area contributed by atoms with Crippen LogP contribution < -0.4 is 5.32 Å². The van der Waals surface area contributed by atoms with Crippen molar-refractivity contribution in [2.45, 2.75) is 52.1 Å². The first-order valence-electron chi connectivity index (χ1n) is 11.7. The van der Waals surface area contributed by atoms with Crippen LogP contribution >= 0.6 is 0 Å². The molecule has 0 bridgehead atoms. The number of rotatable bonds is 5. The molecule has 2 aromatic carbocycles. The van der Waals surface area contributed by atoms with Gasteiger partial charge in [-0.05, 0) is 55.7 Å². The molecule has 2 aliphatic rings. The molecule has 0 fully saturated rings. The molecule has 0 spiro atoms. The SMILES string of the molecule is CNC(=O)c1ccc([C@@H](C)N2Cc3cc(-c4n[nH]c5c4CC(C)(C(C)(F)F)C5)ccc3C2=O)cc1. The number of carbonyl (C=O) groups is 2. The molecule has 182 valence electrons. The number of aromatic amines is 1. The van der Waals surface area contributed by atoms with E-state index in [1.807, 2.05) is 31.2 Å². The second-order valence-corrected chi connectivity index (χ2v) is 10.0. The van der Waals surface area contributed by atoms with E-state index in [2.05, 4.69) is 15.5 Å². The van der Waals surface area contributed by atoms with Gasteiger partial charge in [0.2, 0.25) is 0 Å². The Morgan fingerprint density at radius 3 is 2.57 bits per heavy atom. The van der Waals surface area contributed by atoms with E-state index in [0.717, 1.165) is 34.9 Å². The highest BCUT2D eigenvalue weighted by Gasteiger charge is 2.51. The fourth-order valence-electron chi connectivity index (χ4n) is 5.17. The fourth-order valence-corrected chi connectivity index (χ4v) is 5.17. The lowest BCUT2D eigenvalue weighted by atomic mass is 9.81. The van der Waals surface area contributed by atoms with Gasteiger partial charge < -0.3 is 10.2 Å². The van der Waals surface area contributed by atoms with Crippen molar-refractivity contribution in [3.63, 3.8) is 0 Å². The van der Waals surface area contributed by atoms with Crippen molar-refractivity contribution in [1.29, 1.82) is 0 Å². The molecule has 2 amide bonds. The average Bonchev–Trinajstić information content (AvgIpc) is 3.48. The normalized spacial score (nSPS) is 20.1. The maximum atomic E-state index is 14.3. The predicted molar refractivity (Wildman–Crippen MR) is 128 cm³/mol. The number of benzene rings is 2. The zero-order valence-corrected chi connectivity index (χ0v) is 20.2. The first-order chi connectivity index (χ1) is 16.5. The van der Waals surface area contributed by atoms with Crippen LogP contribution in [0.25, 0.3) is 11.3 Å². The van der Waals surface area contributed by atoms with Gasteiger partial charge in [-0.1, -0.05) is 25.1 Å². The second kappa shape index (κ2) is 8.00. The number of halogens is 2. The predicted octanol–water partition coefficient (Wildman–Crippen LogP) is 4.91. The number of alkyl halides is 2. The van der Waals surface area contributed by atoms with Crippen LogP contribution in [0.15, 0.2) is 42.5 Å². The van der Waals surface area contributed by atoms with Crippen molar-refractivity contribution in [3.05, 3.63) is 76.0 Å². The van der Waals surface area contributed by atoms with Crippen LogP contribution in [0.3, 0.4) is 0 Å². The summed E-state index contributed by atoms with van der Waals surface area (Å²) in [5.41, 5.74) is 4.98. The summed E-state index contributed by atoms with van der Waals surface area (Å²) in [5, 5.41) is 9.99. The van der Waals surface area contributed by atoms with E-state index in [1.165, 1.54) is 0 Å². The van der Waals surface area contributed by atoms with Crippen LogP contribution in [0.1, 0.15) is 69.9 Å². The van der Waals surface area contributed by atoms with Gasteiger partial charge >= 0.3 is 0 Å². The molecule has 35 heavy (non-hydrogen) atoms. The Labute approximate surface area is 202 Å². The first kappa shape index (κ1) is 23.2. The van der Waals surface area contributed by atoms with Crippen LogP contribution in [0.5, 0.6) is 0 Å². The smallest absolute Gasteiger partial charge is 0.255 e. The molecule has 2 heterocycles. The fraction of sp³-hybridized carbons (Fsp3) is 0.370. The molecule has 5 rings (SSSR count). The minimum atomic E-state index is -2.80. The number of nitrogens with zero attached hydrogens (tertiary/aromatic N) is 2. The third-order valence-corrected chi connectivity index (χ3v) is 7.71. The van der Waals surface area contributed by atoms with Gasteiger partial charge in [-0.3, -0.25) is 14.7 Å². The summed E-state index contributed by atoms with van der Waals surface area (Å²) in [6.07, 6.45) is 0.509. The van der Waals surface area contributed by atoms with E-state index in [-0.39, 0.29) is 30.7 Å². The zero-order chi connectivity index (χ0) is 25.1. The Hall–Kier alpha value is -3.55. The number of H-pyrrole nitrogens is 1. The number of nitrogens with one attached hydrogen (secondary N) is 2. The topological polar surface area (TPSA) is 78.1 Å². The minimum absolute atomic E-state index is 0.0557. The summed E-state index contributed by atoms with van der Waals surface area (Å²) < 4.78 is 28.5. The molecule has 2 N–H and O–H groups in total. The molecule has 1 aromatic heterocycles. The molecular weight excluding hydrogens is 450 g/mol. The summed E-state index contributed by atoms with van der Waals surface area (Å²) in [5.74, 6) is -3.02. The van der Waals surface area contributed by atoms with E-state index in [1.54, 1.807) is 37.1 Å². The van der Waals surface area contributed by atoms with Gasteiger partial charge in [0.05, 0.1) is 11.7 Å². The largest absolute Gasteiger partial charge is 0.355 e. The Morgan fingerprint density at radius 1 is 1.20 bits per heavy atom. The van der Waals surface area contributed by atoms with Crippen molar-refractivity contribution >= 4 is 11.8 Å². The molecule has 1 unspecified atom stereocenters. The molecular formula is C27H28F2N4O2. The molecule has 6 nitrogen and oxygen atoms in total. The van der Waals surface area contributed by atoms with Crippen LogP contribution in [0.4, 0.5) is 8.78 Å². The number of hydrogen-bond acceptors (Lipinski definition) is 3. The monoisotopic (exact) mass is 478 g/mol. The summed E-state index contributed by atoms with van der Waals surface area (Å²) in [7, 11) is 1.59. The number of amides is 2. The molecule has 3 aromatic rings. The molecule has 1 aliphatic carbocycles. The zero-order valence-electron chi connectivity index (χ0n) is 20.2. The Balaban J connectivity index is 1.39. The van der Waals surface area contributed by atoms with Crippen molar-refractivity contribution in [3.8, 4) is 11.3 Å². The molecule has 2 atom stereocenters. The third-order valence-electron chi connectivity index (χ3n) is 7.71. The van der Waals surface area contributed by atoms with Crippen LogP contribution in [0.2, 0.25) is 0 Å². The van der Waals surface area contributed by atoms with Gasteiger partial charge in [-0.15, -0.1) is 0 Å². The maximum absolute atomic E-state index is 14.3. The van der Waals surface area contributed by atoms with Crippen LogP contribution in [0, 0.1) is 5.41 Å². The minimum Gasteiger partial charge on any atom is -0.355 e. The van der Waals surface area contributed by atoms with E-state index in [9.17, 15) is 18.4 Å². The van der Waals surface area contributed by atoms with E-state index in [4.69, 9.17) is 0 Å². The maximum Gasteiger partial charge on any atom is 0.255 e. The number of fused-ring (bicyclic) bond motifs is 2. The third kappa shape index (κ3) is 3.72. The van der Waals surface area contributed by atoms with Crippen LogP contribution in [-0.4, -0.2) is 39.9 Å². The lowest BCUT2D eigenvalue weighted by Gasteiger charge is -2.30. The molecule has 0 saturated carbocycles. The summed E-state index contributed by atoms with van der Waals surface area (Å²) >= 11 is 0. The van der Waals surface area contributed by atoms with E-state index >= 15 is 0 Å². The lowest BCUT2D eigenvalue weighted by Crippen LogP contribution is -2.37. The summed E-state index contributed by atoms with van der Waals surface area (Å²) in [6, 6.07) is 12.7. The lowest BCUT2D eigenvalue weighted by molar-refractivity contribution is -0.0929. The summed E-state index contributed by atoms with van der Waals surface area (Å²) in [6.45, 7) is 5.00. The van der Waals surface area contributed by atoms with E-state index < -0.39 is 11.3 Å². The van der Waals surface area contributed by atoms with Gasteiger partial charge in [0, 0.05) is 53.4 Å². The van der Waals surface area contributed by atoms with Gasteiger partial charge in [0.15, 0.2) is 0 Å². The van der Waals surface area contributed by atoms with Crippen molar-refractivity contribution in [1.82, 2.24) is 20.4 Å². The highest BCUT2D eigenvalue weighted by Crippen LogP contribution is 2.49. The quantitative estimate of drug-likeness (QED) is 0.547. The second-order valence-electron chi connectivity index (χ2n) is 10.0. The standard InChI is InChI=1S/C27H28F2N4O2/c1-15(16-5-7-17(8-6-16)24(34)30-4)33-14-19-11-18(9-10-20(19)25(33)35)23-21-12-26(2,27(3,28)29)13-22(21)31-32-23/h5-11,15H,12-14H2,1-4H3,(H,30,34)(H,31,32)/t15-,26?/m1/s1. The first-order valence-corrected chi connectivity index (χ1v) is 11.7. The molecule has 0 radical (unpaired) electrons. The van der Waals surface area contributed by atoms with Gasteiger partial charge in [-0.25, -0.2) is 8.78 Å². The number of carbonyl (C=O) groups excluding carboxylic acids is 2. The molecule has 0 saturated heterocycles. The van der Waals surface area contributed by atoms with Gasteiger partial charge in [0.1, 0.15) is 0 Å². The van der Waals surface area contributed by atoms with Gasteiger partial charge in [-0.2, -0.15) is 5.10 Å². The molecule has 1 aliphatic heterocycles. The van der Waals surface area contributed by atoms with Crippen molar-refractivity contribution < 1.29 is 18.4 Å². The van der Waals surface area contributed by atoms with Crippen molar-refractivity contribution in [2.75, 3.05) is 7.05 Å². The number of aromatic nitrogens is 2.